The van der Waals surface area contributed by atoms with Gasteiger partial charge in [-0.2, -0.15) is 0 Å². The van der Waals surface area contributed by atoms with E-state index in [0.717, 1.165) is 0 Å². The quantitative estimate of drug-likeness (QED) is 0.852. The third-order valence-electron chi connectivity index (χ3n) is 2.44. The zero-order chi connectivity index (χ0) is 14.5. The third-order valence-corrected chi connectivity index (χ3v) is 2.75. The molecule has 4 nitrogen and oxygen atoms in total. The van der Waals surface area contributed by atoms with Crippen molar-refractivity contribution in [3.63, 3.8) is 0 Å². The Morgan fingerprint density at radius 2 is 1.95 bits per heavy atom. The van der Waals surface area contributed by atoms with Crippen molar-refractivity contribution in [3.05, 3.63) is 53.3 Å². The van der Waals surface area contributed by atoms with Crippen LogP contribution in [0.1, 0.15) is 0 Å². The van der Waals surface area contributed by atoms with E-state index in [1.807, 2.05) is 0 Å². The highest BCUT2D eigenvalue weighted by atomic mass is 35.5. The fourth-order valence-corrected chi connectivity index (χ4v) is 1.68. The van der Waals surface area contributed by atoms with Gasteiger partial charge in [-0.05, 0) is 36.4 Å². The van der Waals surface area contributed by atoms with E-state index in [9.17, 15) is 9.18 Å². The molecule has 0 unspecified atom stereocenters. The molecule has 0 saturated heterocycles. The number of nitrogen functional groups attached to an aromatic ring is 1. The molecule has 0 aliphatic carbocycles. The summed E-state index contributed by atoms with van der Waals surface area (Å²) in [5, 5.41) is 2.94. The summed E-state index contributed by atoms with van der Waals surface area (Å²) in [5.41, 5.74) is 6.57. The van der Waals surface area contributed by atoms with Gasteiger partial charge in [0.15, 0.2) is 6.61 Å². The first-order chi connectivity index (χ1) is 9.54. The molecule has 3 N–H and O–H groups in total. The lowest BCUT2D eigenvalue weighted by Crippen LogP contribution is -2.20. The van der Waals surface area contributed by atoms with Gasteiger partial charge in [-0.15, -0.1) is 0 Å². The van der Waals surface area contributed by atoms with Crippen molar-refractivity contribution in [2.75, 3.05) is 17.7 Å². The van der Waals surface area contributed by atoms with Crippen LogP contribution in [0.15, 0.2) is 42.5 Å². The Kier molecular flexibility index (Phi) is 4.42. The Bertz CT molecular complexity index is 617. The maximum absolute atomic E-state index is 12.7. The Morgan fingerprint density at radius 1 is 1.25 bits per heavy atom. The van der Waals surface area contributed by atoms with Crippen LogP contribution < -0.4 is 15.8 Å². The summed E-state index contributed by atoms with van der Waals surface area (Å²) in [4.78, 5) is 11.7. The highest BCUT2D eigenvalue weighted by Gasteiger charge is 2.07. The van der Waals surface area contributed by atoms with E-state index >= 15 is 0 Å². The number of halogens is 2. The number of carbonyl (C=O) groups excluding carboxylic acids is 1. The molecule has 1 amide bonds. The number of ether oxygens (including phenoxy) is 1. The highest BCUT2D eigenvalue weighted by Crippen LogP contribution is 2.26. The van der Waals surface area contributed by atoms with Gasteiger partial charge in [0.25, 0.3) is 5.91 Å². The summed E-state index contributed by atoms with van der Waals surface area (Å²) in [5.74, 6) is -0.415. The van der Waals surface area contributed by atoms with Gasteiger partial charge in [0.05, 0.1) is 5.02 Å². The van der Waals surface area contributed by atoms with E-state index in [-0.39, 0.29) is 18.3 Å². The van der Waals surface area contributed by atoms with E-state index < -0.39 is 0 Å². The average molecular weight is 295 g/mol. The first kappa shape index (κ1) is 14.1. The largest absolute Gasteiger partial charge is 0.482 e. The molecule has 0 aromatic heterocycles. The van der Waals surface area contributed by atoms with Crippen molar-refractivity contribution >= 4 is 28.9 Å². The molecule has 0 atom stereocenters. The second-order valence-electron chi connectivity index (χ2n) is 4.03. The zero-order valence-electron chi connectivity index (χ0n) is 10.4. The predicted octanol–water partition coefficient (Wildman–Crippen LogP) is 3.08. The molecule has 0 fully saturated rings. The number of anilines is 2. The number of nitrogens with two attached hydrogens (primary N) is 1. The monoisotopic (exact) mass is 294 g/mol. The number of carbonyl (C=O) groups is 1. The number of hydrogen-bond acceptors (Lipinski definition) is 3. The molecule has 6 heteroatoms. The van der Waals surface area contributed by atoms with Gasteiger partial charge in [-0.25, -0.2) is 4.39 Å². The van der Waals surface area contributed by atoms with Crippen LogP contribution in [0.3, 0.4) is 0 Å². The van der Waals surface area contributed by atoms with Gasteiger partial charge in [-0.1, -0.05) is 11.6 Å². The zero-order valence-corrected chi connectivity index (χ0v) is 11.2. The van der Waals surface area contributed by atoms with Crippen LogP contribution in [-0.2, 0) is 4.79 Å². The number of hydrogen-bond donors (Lipinski definition) is 2. The lowest BCUT2D eigenvalue weighted by molar-refractivity contribution is -0.118. The van der Waals surface area contributed by atoms with Gasteiger partial charge >= 0.3 is 0 Å². The van der Waals surface area contributed by atoms with Crippen molar-refractivity contribution in [1.82, 2.24) is 0 Å². The van der Waals surface area contributed by atoms with Crippen molar-refractivity contribution in [2.24, 2.45) is 0 Å². The SMILES string of the molecule is Nc1ccc(Cl)c(OCC(=O)Nc2ccc(F)cc2)c1. The van der Waals surface area contributed by atoms with E-state index in [1.54, 1.807) is 12.1 Å². The molecule has 0 spiro atoms. The maximum Gasteiger partial charge on any atom is 0.262 e. The molecule has 2 aromatic rings. The first-order valence-corrected chi connectivity index (χ1v) is 6.15. The standard InChI is InChI=1S/C14H12ClFN2O2/c15-12-6-3-10(17)7-13(12)20-8-14(19)18-11-4-1-9(16)2-5-11/h1-7H,8,17H2,(H,18,19). The minimum atomic E-state index is -0.380. The lowest BCUT2D eigenvalue weighted by Gasteiger charge is -2.09. The van der Waals surface area contributed by atoms with Gasteiger partial charge in [0.1, 0.15) is 11.6 Å². The molecule has 0 bridgehead atoms. The molecule has 20 heavy (non-hydrogen) atoms. The molecule has 2 rings (SSSR count). The third kappa shape index (κ3) is 3.86. The van der Waals surface area contributed by atoms with Crippen LogP contribution in [0.5, 0.6) is 5.75 Å². The number of rotatable bonds is 4. The minimum Gasteiger partial charge on any atom is -0.482 e. The first-order valence-electron chi connectivity index (χ1n) is 5.78. The second-order valence-corrected chi connectivity index (χ2v) is 4.44. The van der Waals surface area contributed by atoms with E-state index in [4.69, 9.17) is 22.1 Å². The molecule has 2 aromatic carbocycles. The van der Waals surface area contributed by atoms with Gasteiger partial charge < -0.3 is 15.8 Å². The molecular formula is C14H12ClFN2O2. The topological polar surface area (TPSA) is 64.3 Å². The number of benzene rings is 2. The Balaban J connectivity index is 1.92. The molecule has 0 saturated carbocycles. The van der Waals surface area contributed by atoms with Crippen LogP contribution in [0, 0.1) is 5.82 Å². The highest BCUT2D eigenvalue weighted by molar-refractivity contribution is 6.32. The van der Waals surface area contributed by atoms with E-state index in [1.165, 1.54) is 30.3 Å². The summed E-state index contributed by atoms with van der Waals surface area (Å²) in [7, 11) is 0. The van der Waals surface area contributed by atoms with Gasteiger partial charge in [-0.3, -0.25) is 4.79 Å². The van der Waals surface area contributed by atoms with Gasteiger partial charge in [0.2, 0.25) is 0 Å². The normalized spacial score (nSPS) is 10.1. The summed E-state index contributed by atoms with van der Waals surface area (Å²) in [6, 6.07) is 10.2. The fourth-order valence-electron chi connectivity index (χ4n) is 1.50. The lowest BCUT2D eigenvalue weighted by atomic mass is 10.3. The second kappa shape index (κ2) is 6.25. The molecular weight excluding hydrogens is 283 g/mol. The van der Waals surface area contributed by atoms with Crippen LogP contribution in [-0.4, -0.2) is 12.5 Å². The molecule has 0 aliphatic heterocycles. The Hall–Kier alpha value is -2.27. The number of nitrogens with one attached hydrogen (secondary N) is 1. The molecule has 0 aliphatic rings. The maximum atomic E-state index is 12.7. The van der Waals surface area contributed by atoms with E-state index in [0.29, 0.717) is 22.1 Å². The molecule has 104 valence electrons. The van der Waals surface area contributed by atoms with Gasteiger partial charge in [0, 0.05) is 17.4 Å². The van der Waals surface area contributed by atoms with Crippen LogP contribution in [0.4, 0.5) is 15.8 Å². The van der Waals surface area contributed by atoms with Crippen molar-refractivity contribution < 1.29 is 13.9 Å². The summed E-state index contributed by atoms with van der Waals surface area (Å²) < 4.78 is 18.0. The van der Waals surface area contributed by atoms with Crippen molar-refractivity contribution in [1.29, 1.82) is 0 Å². The smallest absolute Gasteiger partial charge is 0.262 e. The summed E-state index contributed by atoms with van der Waals surface area (Å²) in [6.07, 6.45) is 0. The van der Waals surface area contributed by atoms with Crippen LogP contribution >= 0.6 is 11.6 Å². The predicted molar refractivity (Wildman–Crippen MR) is 76.4 cm³/mol. The van der Waals surface area contributed by atoms with Crippen molar-refractivity contribution in [2.45, 2.75) is 0 Å². The summed E-state index contributed by atoms with van der Waals surface area (Å²) >= 11 is 5.90. The molecule has 0 radical (unpaired) electrons. The number of amides is 1. The van der Waals surface area contributed by atoms with Crippen LogP contribution in [0.25, 0.3) is 0 Å². The average Bonchev–Trinajstić information content (AvgIpc) is 2.42. The Labute approximate surface area is 120 Å². The summed E-state index contributed by atoms with van der Waals surface area (Å²) in [6.45, 7) is -0.222. The minimum absolute atomic E-state index is 0.222. The fraction of sp³-hybridized carbons (Fsp3) is 0.0714. The molecule has 0 heterocycles. The Morgan fingerprint density at radius 3 is 2.65 bits per heavy atom. The van der Waals surface area contributed by atoms with Crippen LogP contribution in [0.2, 0.25) is 5.02 Å². The van der Waals surface area contributed by atoms with E-state index in [2.05, 4.69) is 5.32 Å². The van der Waals surface area contributed by atoms with Crippen molar-refractivity contribution in [3.8, 4) is 5.75 Å².